The van der Waals surface area contributed by atoms with Crippen LogP contribution in [0.15, 0.2) is 53.1 Å². The van der Waals surface area contributed by atoms with E-state index in [9.17, 15) is 4.79 Å². The lowest BCUT2D eigenvalue weighted by molar-refractivity contribution is 0.0429. The van der Waals surface area contributed by atoms with Gasteiger partial charge in [0.25, 0.3) is 0 Å². The number of hydrogen-bond donors (Lipinski definition) is 0. The largest absolute Gasteiger partial charge is 0.457 e. The molecule has 5 nitrogen and oxygen atoms in total. The summed E-state index contributed by atoms with van der Waals surface area (Å²) in [5, 5.41) is 4.92. The number of hydrogen-bond acceptors (Lipinski definition) is 4. The van der Waals surface area contributed by atoms with Crippen LogP contribution in [0, 0.1) is 5.41 Å². The van der Waals surface area contributed by atoms with Crippen LogP contribution in [0.25, 0.3) is 5.69 Å². The van der Waals surface area contributed by atoms with Crippen molar-refractivity contribution < 1.29 is 13.9 Å². The normalized spacial score (nSPS) is 24.3. The minimum Gasteiger partial charge on any atom is -0.457 e. The number of fused-ring (bicyclic) bond motifs is 5. The standard InChI is InChI=1S/C23H24N2O3/c1-22(2)16-11-12-23(22,3)20-19(16)17(14-28-21(26)18-10-7-13-27-18)24-25(20)15-8-5-4-6-9-15/h4-10,13,16H,11-12,14H2,1-3H3. The topological polar surface area (TPSA) is 57.3 Å². The molecule has 0 amide bonds. The smallest absolute Gasteiger partial charge is 0.374 e. The first-order valence-corrected chi connectivity index (χ1v) is 9.82. The second-order valence-corrected chi connectivity index (χ2v) is 8.65. The zero-order valence-electron chi connectivity index (χ0n) is 16.4. The van der Waals surface area contributed by atoms with Crippen molar-refractivity contribution in [3.63, 3.8) is 0 Å². The van der Waals surface area contributed by atoms with Gasteiger partial charge in [-0.2, -0.15) is 5.10 Å². The molecule has 1 fully saturated rings. The molecule has 0 aliphatic heterocycles. The summed E-state index contributed by atoms with van der Waals surface area (Å²) >= 11 is 0. The highest BCUT2D eigenvalue weighted by molar-refractivity contribution is 5.86. The van der Waals surface area contributed by atoms with E-state index in [1.807, 2.05) is 18.2 Å². The first kappa shape index (κ1) is 17.3. The number of esters is 1. The zero-order chi connectivity index (χ0) is 19.5. The molecule has 3 aromatic rings. The quantitative estimate of drug-likeness (QED) is 0.602. The summed E-state index contributed by atoms with van der Waals surface area (Å²) in [4.78, 5) is 12.3. The van der Waals surface area contributed by atoms with E-state index in [0.29, 0.717) is 5.92 Å². The predicted octanol–water partition coefficient (Wildman–Crippen LogP) is 5.00. The molecule has 28 heavy (non-hydrogen) atoms. The molecule has 2 aromatic heterocycles. The van der Waals surface area contributed by atoms with Crippen LogP contribution in [0.4, 0.5) is 0 Å². The Hall–Kier alpha value is -2.82. The summed E-state index contributed by atoms with van der Waals surface area (Å²) in [7, 11) is 0. The number of benzene rings is 1. The molecule has 2 aliphatic rings. The average Bonchev–Trinajstić information content (AvgIpc) is 3.42. The van der Waals surface area contributed by atoms with Gasteiger partial charge in [-0.25, -0.2) is 9.48 Å². The SMILES string of the molecule is CC12CCC(c3c(COC(=O)c4ccco4)nn(-c4ccccc4)c31)C2(C)C. The van der Waals surface area contributed by atoms with E-state index in [1.54, 1.807) is 12.1 Å². The molecule has 5 rings (SSSR count). The number of ether oxygens (including phenoxy) is 1. The van der Waals surface area contributed by atoms with Crippen LogP contribution < -0.4 is 0 Å². The molecule has 5 heteroatoms. The minimum atomic E-state index is -0.457. The van der Waals surface area contributed by atoms with Crippen molar-refractivity contribution in [3.05, 3.63) is 71.4 Å². The Kier molecular flexibility index (Phi) is 3.60. The molecule has 0 radical (unpaired) electrons. The van der Waals surface area contributed by atoms with Crippen LogP contribution in [-0.2, 0) is 16.8 Å². The van der Waals surface area contributed by atoms with E-state index < -0.39 is 5.97 Å². The Balaban J connectivity index is 1.58. The van der Waals surface area contributed by atoms with Gasteiger partial charge < -0.3 is 9.15 Å². The van der Waals surface area contributed by atoms with E-state index in [2.05, 4.69) is 37.6 Å². The van der Waals surface area contributed by atoms with Gasteiger partial charge in [0.2, 0.25) is 5.76 Å². The third-order valence-electron chi connectivity index (χ3n) is 7.16. The summed E-state index contributed by atoms with van der Waals surface area (Å²) in [6.07, 6.45) is 3.78. The molecule has 144 valence electrons. The van der Waals surface area contributed by atoms with Crippen molar-refractivity contribution in [2.45, 2.75) is 51.6 Å². The molecule has 1 aromatic carbocycles. The van der Waals surface area contributed by atoms with Crippen molar-refractivity contribution in [2.24, 2.45) is 5.41 Å². The Labute approximate surface area is 164 Å². The highest BCUT2D eigenvalue weighted by atomic mass is 16.5. The Morgan fingerprint density at radius 2 is 2.00 bits per heavy atom. The van der Waals surface area contributed by atoms with Crippen molar-refractivity contribution in [1.82, 2.24) is 9.78 Å². The van der Waals surface area contributed by atoms with Gasteiger partial charge in [-0.3, -0.25) is 0 Å². The Morgan fingerprint density at radius 1 is 1.21 bits per heavy atom. The average molecular weight is 376 g/mol. The molecular weight excluding hydrogens is 352 g/mol. The number of para-hydroxylation sites is 1. The molecule has 2 bridgehead atoms. The first-order chi connectivity index (χ1) is 13.4. The first-order valence-electron chi connectivity index (χ1n) is 9.82. The van der Waals surface area contributed by atoms with Crippen LogP contribution in [0.3, 0.4) is 0 Å². The monoisotopic (exact) mass is 376 g/mol. The van der Waals surface area contributed by atoms with Gasteiger partial charge in [0, 0.05) is 11.0 Å². The summed E-state index contributed by atoms with van der Waals surface area (Å²) in [5.74, 6) is 0.192. The van der Waals surface area contributed by atoms with E-state index in [0.717, 1.165) is 24.2 Å². The Bertz CT molecular complexity index is 1030. The highest BCUT2D eigenvalue weighted by Gasteiger charge is 2.62. The third-order valence-corrected chi connectivity index (χ3v) is 7.16. The van der Waals surface area contributed by atoms with Crippen molar-refractivity contribution in [1.29, 1.82) is 0 Å². The molecule has 1 saturated carbocycles. The van der Waals surface area contributed by atoms with Gasteiger partial charge in [0.05, 0.1) is 17.6 Å². The fraction of sp³-hybridized carbons (Fsp3) is 0.391. The van der Waals surface area contributed by atoms with Crippen LogP contribution in [-0.4, -0.2) is 15.7 Å². The predicted molar refractivity (Wildman–Crippen MR) is 104 cm³/mol. The number of carbonyl (C=O) groups excluding carboxylic acids is 1. The second-order valence-electron chi connectivity index (χ2n) is 8.65. The van der Waals surface area contributed by atoms with Crippen LogP contribution in [0.5, 0.6) is 0 Å². The number of nitrogens with zero attached hydrogens (tertiary/aromatic N) is 2. The lowest BCUT2D eigenvalue weighted by Crippen LogP contribution is -2.33. The van der Waals surface area contributed by atoms with E-state index in [1.165, 1.54) is 17.5 Å². The molecule has 0 N–H and O–H groups in total. The zero-order valence-corrected chi connectivity index (χ0v) is 16.4. The molecule has 2 heterocycles. The molecule has 2 aliphatic carbocycles. The number of carbonyl (C=O) groups is 1. The van der Waals surface area contributed by atoms with Crippen molar-refractivity contribution in [2.75, 3.05) is 0 Å². The number of aromatic nitrogens is 2. The molecule has 2 atom stereocenters. The molecular formula is C23H24N2O3. The summed E-state index contributed by atoms with van der Waals surface area (Å²) in [6.45, 7) is 7.24. The van der Waals surface area contributed by atoms with Gasteiger partial charge in [0.15, 0.2) is 0 Å². The summed E-state index contributed by atoms with van der Waals surface area (Å²) < 4.78 is 12.8. The Morgan fingerprint density at radius 3 is 2.71 bits per heavy atom. The van der Waals surface area contributed by atoms with Gasteiger partial charge >= 0.3 is 5.97 Å². The molecule has 0 saturated heterocycles. The maximum atomic E-state index is 12.3. The summed E-state index contributed by atoms with van der Waals surface area (Å²) in [5.41, 5.74) is 4.67. The van der Waals surface area contributed by atoms with Gasteiger partial charge in [0.1, 0.15) is 12.3 Å². The van der Waals surface area contributed by atoms with Crippen LogP contribution in [0.2, 0.25) is 0 Å². The lowest BCUT2D eigenvalue weighted by atomic mass is 9.70. The second kappa shape index (κ2) is 5.84. The van der Waals surface area contributed by atoms with E-state index >= 15 is 0 Å². The van der Waals surface area contributed by atoms with Crippen LogP contribution in [0.1, 0.15) is 67.0 Å². The van der Waals surface area contributed by atoms with Crippen LogP contribution >= 0.6 is 0 Å². The molecule has 0 spiro atoms. The minimum absolute atomic E-state index is 0.0547. The van der Waals surface area contributed by atoms with E-state index in [4.69, 9.17) is 14.3 Å². The third kappa shape index (κ3) is 2.19. The number of rotatable bonds is 4. The lowest BCUT2D eigenvalue weighted by Gasteiger charge is -2.35. The maximum absolute atomic E-state index is 12.3. The van der Waals surface area contributed by atoms with Gasteiger partial charge in [-0.1, -0.05) is 39.0 Å². The van der Waals surface area contributed by atoms with Gasteiger partial charge in [-0.15, -0.1) is 0 Å². The van der Waals surface area contributed by atoms with Crippen molar-refractivity contribution in [3.8, 4) is 5.69 Å². The van der Waals surface area contributed by atoms with Gasteiger partial charge in [-0.05, 0) is 48.4 Å². The highest BCUT2D eigenvalue weighted by Crippen LogP contribution is 2.68. The number of furan rings is 1. The molecule has 2 unspecified atom stereocenters. The summed E-state index contributed by atoms with van der Waals surface area (Å²) in [6, 6.07) is 13.5. The fourth-order valence-corrected chi connectivity index (χ4v) is 5.26. The maximum Gasteiger partial charge on any atom is 0.374 e. The fourth-order valence-electron chi connectivity index (χ4n) is 5.26. The van der Waals surface area contributed by atoms with E-state index in [-0.39, 0.29) is 23.2 Å². The van der Waals surface area contributed by atoms with Crippen molar-refractivity contribution >= 4 is 5.97 Å².